The first kappa shape index (κ1) is 15.8. The van der Waals surface area contributed by atoms with Gasteiger partial charge in [-0.3, -0.25) is 0 Å². The monoisotopic (exact) mass is 232 g/mol. The maximum atomic E-state index is 5.56. The van der Waals surface area contributed by atoms with E-state index in [2.05, 4.69) is 11.8 Å². The van der Waals surface area contributed by atoms with Crippen LogP contribution in [0.2, 0.25) is 0 Å². The van der Waals surface area contributed by atoms with Gasteiger partial charge in [0.05, 0.1) is 6.61 Å². The van der Waals surface area contributed by atoms with Gasteiger partial charge in [0.15, 0.2) is 0 Å². The zero-order chi connectivity index (χ0) is 12.2. The van der Waals surface area contributed by atoms with E-state index in [4.69, 9.17) is 15.2 Å². The predicted octanol–water partition coefficient (Wildman–Crippen LogP) is 0.956. The smallest absolute Gasteiger partial charge is 0.0589 e. The molecule has 0 aromatic rings. The van der Waals surface area contributed by atoms with Gasteiger partial charge in [-0.1, -0.05) is 6.92 Å². The number of hydrogen-bond acceptors (Lipinski definition) is 4. The van der Waals surface area contributed by atoms with Gasteiger partial charge in [-0.25, -0.2) is 0 Å². The van der Waals surface area contributed by atoms with E-state index in [1.807, 2.05) is 0 Å². The normalized spacial score (nSPS) is 13.3. The maximum Gasteiger partial charge on any atom is 0.0589 e. The highest BCUT2D eigenvalue weighted by atomic mass is 16.5. The Hall–Kier alpha value is -0.160. The Balaban J connectivity index is 3.78. The number of methoxy groups -OCH3 is 2. The van der Waals surface area contributed by atoms with E-state index in [1.165, 1.54) is 0 Å². The number of nitrogens with two attached hydrogens (primary N) is 1. The van der Waals surface area contributed by atoms with Crippen LogP contribution < -0.4 is 5.73 Å². The van der Waals surface area contributed by atoms with E-state index >= 15 is 0 Å². The molecule has 0 rings (SSSR count). The summed E-state index contributed by atoms with van der Waals surface area (Å²) in [4.78, 5) is 2.43. The van der Waals surface area contributed by atoms with Crippen molar-refractivity contribution < 1.29 is 9.47 Å². The highest BCUT2D eigenvalue weighted by Gasteiger charge is 2.09. The lowest BCUT2D eigenvalue weighted by Crippen LogP contribution is -2.33. The molecule has 0 saturated heterocycles. The SMILES string of the molecule is COCCCN(CCOC)CC(C)CCN. The molecule has 1 atom stereocenters. The number of hydrogen-bond donors (Lipinski definition) is 1. The molecule has 0 heterocycles. The minimum atomic E-state index is 0.657. The van der Waals surface area contributed by atoms with Gasteiger partial charge in [-0.15, -0.1) is 0 Å². The first-order valence-corrected chi connectivity index (χ1v) is 6.14. The Morgan fingerprint density at radius 3 is 2.38 bits per heavy atom. The van der Waals surface area contributed by atoms with Crippen LogP contribution in [0, 0.1) is 5.92 Å². The lowest BCUT2D eigenvalue weighted by atomic mass is 10.1. The molecule has 0 spiro atoms. The predicted molar refractivity (Wildman–Crippen MR) is 67.6 cm³/mol. The van der Waals surface area contributed by atoms with Crippen molar-refractivity contribution in [3.05, 3.63) is 0 Å². The van der Waals surface area contributed by atoms with Crippen LogP contribution in [0.15, 0.2) is 0 Å². The van der Waals surface area contributed by atoms with Crippen molar-refractivity contribution in [1.29, 1.82) is 0 Å². The van der Waals surface area contributed by atoms with Gasteiger partial charge in [0.2, 0.25) is 0 Å². The first-order chi connectivity index (χ1) is 7.74. The Kier molecular flexibility index (Phi) is 11.2. The van der Waals surface area contributed by atoms with Crippen LogP contribution in [0.1, 0.15) is 19.8 Å². The lowest BCUT2D eigenvalue weighted by Gasteiger charge is -2.25. The minimum absolute atomic E-state index is 0.657. The minimum Gasteiger partial charge on any atom is -0.385 e. The molecule has 0 saturated carbocycles. The first-order valence-electron chi connectivity index (χ1n) is 6.14. The summed E-state index contributed by atoms with van der Waals surface area (Å²) in [5.74, 6) is 0.657. The molecule has 4 nitrogen and oxygen atoms in total. The summed E-state index contributed by atoms with van der Waals surface area (Å²) in [7, 11) is 3.49. The van der Waals surface area contributed by atoms with Crippen LogP contribution in [-0.4, -0.2) is 58.5 Å². The highest BCUT2D eigenvalue weighted by molar-refractivity contribution is 4.63. The van der Waals surface area contributed by atoms with Crippen molar-refractivity contribution in [2.24, 2.45) is 11.7 Å². The quantitative estimate of drug-likeness (QED) is 0.539. The average Bonchev–Trinajstić information content (AvgIpc) is 2.26. The van der Waals surface area contributed by atoms with Crippen molar-refractivity contribution in [2.45, 2.75) is 19.8 Å². The molecular formula is C12H28N2O2. The third-order valence-corrected chi connectivity index (χ3v) is 2.66. The van der Waals surface area contributed by atoms with Crippen molar-refractivity contribution in [3.63, 3.8) is 0 Å². The van der Waals surface area contributed by atoms with Crippen molar-refractivity contribution in [3.8, 4) is 0 Å². The average molecular weight is 232 g/mol. The third kappa shape index (κ3) is 9.09. The second-order valence-corrected chi connectivity index (χ2v) is 4.32. The molecule has 16 heavy (non-hydrogen) atoms. The van der Waals surface area contributed by atoms with Crippen molar-refractivity contribution >= 4 is 0 Å². The maximum absolute atomic E-state index is 5.56. The molecule has 0 fully saturated rings. The molecular weight excluding hydrogens is 204 g/mol. The molecule has 2 N–H and O–H groups in total. The fourth-order valence-electron chi connectivity index (χ4n) is 1.76. The molecule has 0 aromatic heterocycles. The summed E-state index contributed by atoms with van der Waals surface area (Å²) in [6.45, 7) is 7.82. The Morgan fingerprint density at radius 1 is 1.12 bits per heavy atom. The van der Waals surface area contributed by atoms with Crippen LogP contribution in [0.3, 0.4) is 0 Å². The summed E-state index contributed by atoms with van der Waals surface area (Å²) in [5, 5.41) is 0. The van der Waals surface area contributed by atoms with Gasteiger partial charge in [0.25, 0.3) is 0 Å². The summed E-state index contributed by atoms with van der Waals surface area (Å²) in [5.41, 5.74) is 5.56. The lowest BCUT2D eigenvalue weighted by molar-refractivity contribution is 0.123. The third-order valence-electron chi connectivity index (χ3n) is 2.66. The molecule has 0 aliphatic carbocycles. The zero-order valence-electron chi connectivity index (χ0n) is 11.1. The summed E-state index contributed by atoms with van der Waals surface area (Å²) < 4.78 is 10.2. The number of nitrogens with zero attached hydrogens (tertiary/aromatic N) is 1. The van der Waals surface area contributed by atoms with E-state index in [9.17, 15) is 0 Å². The summed E-state index contributed by atoms with van der Waals surface area (Å²) in [6, 6.07) is 0. The molecule has 0 amide bonds. The topological polar surface area (TPSA) is 47.7 Å². The second kappa shape index (κ2) is 11.3. The van der Waals surface area contributed by atoms with Crippen LogP contribution in [0.5, 0.6) is 0 Å². The Bertz CT molecular complexity index is 145. The number of rotatable bonds is 11. The van der Waals surface area contributed by atoms with Crippen LogP contribution in [0.25, 0.3) is 0 Å². The Labute approximate surface area is 100 Å². The Morgan fingerprint density at radius 2 is 1.81 bits per heavy atom. The largest absolute Gasteiger partial charge is 0.385 e. The van der Waals surface area contributed by atoms with Gasteiger partial charge >= 0.3 is 0 Å². The fraction of sp³-hybridized carbons (Fsp3) is 1.00. The van der Waals surface area contributed by atoms with Crippen LogP contribution >= 0.6 is 0 Å². The van der Waals surface area contributed by atoms with E-state index in [1.54, 1.807) is 14.2 Å². The molecule has 1 unspecified atom stereocenters. The summed E-state index contributed by atoms with van der Waals surface area (Å²) in [6.07, 6.45) is 2.17. The molecule has 98 valence electrons. The van der Waals surface area contributed by atoms with E-state index in [0.717, 1.165) is 52.2 Å². The molecule has 0 bridgehead atoms. The molecule has 4 heteroatoms. The van der Waals surface area contributed by atoms with Gasteiger partial charge in [-0.05, 0) is 25.3 Å². The molecule has 0 aliphatic heterocycles. The van der Waals surface area contributed by atoms with Crippen molar-refractivity contribution in [2.75, 3.05) is 53.6 Å². The molecule has 0 radical (unpaired) electrons. The van der Waals surface area contributed by atoms with Gasteiger partial charge < -0.3 is 20.1 Å². The van der Waals surface area contributed by atoms with E-state index < -0.39 is 0 Å². The van der Waals surface area contributed by atoms with Crippen LogP contribution in [-0.2, 0) is 9.47 Å². The van der Waals surface area contributed by atoms with Crippen LogP contribution in [0.4, 0.5) is 0 Å². The standard InChI is InChI=1S/C12H28N2O2/c1-12(5-6-13)11-14(8-10-16-3)7-4-9-15-2/h12H,4-11,13H2,1-3H3. The molecule has 0 aliphatic rings. The van der Waals surface area contributed by atoms with Crippen molar-refractivity contribution in [1.82, 2.24) is 4.90 Å². The zero-order valence-corrected chi connectivity index (χ0v) is 11.1. The van der Waals surface area contributed by atoms with Gasteiger partial charge in [0, 0.05) is 40.5 Å². The molecule has 0 aromatic carbocycles. The summed E-state index contributed by atoms with van der Waals surface area (Å²) >= 11 is 0. The van der Waals surface area contributed by atoms with E-state index in [-0.39, 0.29) is 0 Å². The highest BCUT2D eigenvalue weighted by Crippen LogP contribution is 2.04. The van der Waals surface area contributed by atoms with E-state index in [0.29, 0.717) is 5.92 Å². The van der Waals surface area contributed by atoms with Gasteiger partial charge in [-0.2, -0.15) is 0 Å². The fourth-order valence-corrected chi connectivity index (χ4v) is 1.76. The van der Waals surface area contributed by atoms with Gasteiger partial charge in [0.1, 0.15) is 0 Å². The number of ether oxygens (including phenoxy) is 2. The second-order valence-electron chi connectivity index (χ2n) is 4.32.